The van der Waals surface area contributed by atoms with Gasteiger partial charge in [-0.1, -0.05) is 0 Å². The standard InChI is InChI=1S/C20H36O10/c1-19(2)26-13-14(28-19)15-16(17-18(27-15)30-20(3,4)29-17)25-12-11-24-10-9-23-8-7-22-6-5-21/h14-18,21H,5-13H2,1-4H3/t14-,15-,16+,17-,18-/m1/s1. The van der Waals surface area contributed by atoms with Crippen LogP contribution in [-0.2, 0) is 42.6 Å². The monoisotopic (exact) mass is 436 g/mol. The van der Waals surface area contributed by atoms with Gasteiger partial charge in [-0.25, -0.2) is 0 Å². The van der Waals surface area contributed by atoms with E-state index in [0.717, 1.165) is 0 Å². The highest BCUT2D eigenvalue weighted by molar-refractivity contribution is 4.98. The summed E-state index contributed by atoms with van der Waals surface area (Å²) in [7, 11) is 0. The van der Waals surface area contributed by atoms with Crippen LogP contribution in [0.3, 0.4) is 0 Å². The fraction of sp³-hybridized carbons (Fsp3) is 1.00. The minimum absolute atomic E-state index is 0.0178. The van der Waals surface area contributed by atoms with E-state index in [9.17, 15) is 0 Å². The largest absolute Gasteiger partial charge is 0.394 e. The van der Waals surface area contributed by atoms with Crippen LogP contribution in [0.15, 0.2) is 0 Å². The fourth-order valence-electron chi connectivity index (χ4n) is 3.72. The van der Waals surface area contributed by atoms with E-state index in [1.165, 1.54) is 0 Å². The predicted octanol–water partition coefficient (Wildman–Crippen LogP) is 0.442. The summed E-state index contributed by atoms with van der Waals surface area (Å²) in [5.74, 6) is -1.37. The highest BCUT2D eigenvalue weighted by Gasteiger charge is 2.58. The lowest BCUT2D eigenvalue weighted by atomic mass is 10.1. The van der Waals surface area contributed by atoms with Crippen LogP contribution >= 0.6 is 0 Å². The molecule has 0 aromatic heterocycles. The summed E-state index contributed by atoms with van der Waals surface area (Å²) in [6, 6.07) is 0. The second-order valence-electron chi connectivity index (χ2n) is 8.33. The molecule has 0 spiro atoms. The molecular weight excluding hydrogens is 400 g/mol. The number of rotatable bonds is 13. The first-order chi connectivity index (χ1) is 14.3. The van der Waals surface area contributed by atoms with E-state index < -0.39 is 17.9 Å². The van der Waals surface area contributed by atoms with Gasteiger partial charge in [-0.2, -0.15) is 0 Å². The maximum atomic E-state index is 8.61. The Kier molecular flexibility index (Phi) is 8.85. The molecule has 0 aromatic carbocycles. The molecule has 3 saturated heterocycles. The minimum atomic E-state index is -0.719. The lowest BCUT2D eigenvalue weighted by molar-refractivity contribution is -0.236. The van der Waals surface area contributed by atoms with E-state index in [1.807, 2.05) is 27.7 Å². The minimum Gasteiger partial charge on any atom is -0.394 e. The van der Waals surface area contributed by atoms with E-state index in [-0.39, 0.29) is 31.0 Å². The van der Waals surface area contributed by atoms with Gasteiger partial charge in [0, 0.05) is 0 Å². The summed E-state index contributed by atoms with van der Waals surface area (Å²) in [5.41, 5.74) is 0. The van der Waals surface area contributed by atoms with Crippen molar-refractivity contribution in [3.63, 3.8) is 0 Å². The predicted molar refractivity (Wildman–Crippen MR) is 103 cm³/mol. The third-order valence-corrected chi connectivity index (χ3v) is 4.94. The summed E-state index contributed by atoms with van der Waals surface area (Å²) >= 11 is 0. The summed E-state index contributed by atoms with van der Waals surface area (Å²) < 4.78 is 51.8. The van der Waals surface area contributed by atoms with E-state index in [4.69, 9.17) is 47.7 Å². The molecule has 0 bridgehead atoms. The first-order valence-electron chi connectivity index (χ1n) is 10.6. The maximum absolute atomic E-state index is 8.61. The number of hydrogen-bond acceptors (Lipinski definition) is 10. The van der Waals surface area contributed by atoms with Gasteiger partial charge in [-0.05, 0) is 27.7 Å². The van der Waals surface area contributed by atoms with Gasteiger partial charge in [0.1, 0.15) is 24.4 Å². The molecule has 3 aliphatic heterocycles. The topological polar surface area (TPSA) is 103 Å². The molecule has 0 aromatic rings. The highest BCUT2D eigenvalue weighted by atomic mass is 16.8. The van der Waals surface area contributed by atoms with Crippen molar-refractivity contribution in [1.29, 1.82) is 0 Å². The van der Waals surface area contributed by atoms with Gasteiger partial charge in [0.05, 0.1) is 59.5 Å². The quantitative estimate of drug-likeness (QED) is 0.409. The molecule has 3 heterocycles. The summed E-state index contributed by atoms with van der Waals surface area (Å²) in [6.45, 7) is 10.9. The van der Waals surface area contributed by atoms with Crippen molar-refractivity contribution in [2.45, 2.75) is 70.0 Å². The summed E-state index contributed by atoms with van der Waals surface area (Å²) in [5, 5.41) is 8.61. The molecular formula is C20H36O10. The lowest BCUT2D eigenvalue weighted by Crippen LogP contribution is -2.44. The molecule has 1 N–H and O–H groups in total. The molecule has 0 radical (unpaired) electrons. The molecule has 0 amide bonds. The Balaban J connectivity index is 1.37. The molecule has 176 valence electrons. The number of aliphatic hydroxyl groups excluding tert-OH is 1. The first kappa shape index (κ1) is 24.2. The number of aliphatic hydroxyl groups is 1. The van der Waals surface area contributed by atoms with Gasteiger partial charge >= 0.3 is 0 Å². The Morgan fingerprint density at radius 3 is 2.00 bits per heavy atom. The van der Waals surface area contributed by atoms with Gasteiger partial charge < -0.3 is 47.7 Å². The molecule has 10 nitrogen and oxygen atoms in total. The van der Waals surface area contributed by atoms with Crippen LogP contribution in [0.1, 0.15) is 27.7 Å². The molecule has 3 rings (SSSR count). The lowest BCUT2D eigenvalue weighted by Gasteiger charge is -2.29. The van der Waals surface area contributed by atoms with Crippen LogP contribution < -0.4 is 0 Å². The highest BCUT2D eigenvalue weighted by Crippen LogP contribution is 2.41. The number of ether oxygens (including phenoxy) is 9. The third-order valence-electron chi connectivity index (χ3n) is 4.94. The Morgan fingerprint density at radius 2 is 1.40 bits per heavy atom. The second-order valence-corrected chi connectivity index (χ2v) is 8.33. The van der Waals surface area contributed by atoms with Gasteiger partial charge in [0.15, 0.2) is 17.9 Å². The average molecular weight is 436 g/mol. The van der Waals surface area contributed by atoms with Gasteiger partial charge in [-0.15, -0.1) is 0 Å². The zero-order valence-electron chi connectivity index (χ0n) is 18.4. The van der Waals surface area contributed by atoms with Crippen molar-refractivity contribution in [3.05, 3.63) is 0 Å². The van der Waals surface area contributed by atoms with Crippen LogP contribution in [0.4, 0.5) is 0 Å². The van der Waals surface area contributed by atoms with Gasteiger partial charge in [0.25, 0.3) is 0 Å². The van der Waals surface area contributed by atoms with Crippen molar-refractivity contribution in [2.75, 3.05) is 59.5 Å². The van der Waals surface area contributed by atoms with E-state index in [2.05, 4.69) is 0 Å². The average Bonchev–Trinajstić information content (AvgIpc) is 3.29. The van der Waals surface area contributed by atoms with E-state index in [0.29, 0.717) is 52.9 Å². The smallest absolute Gasteiger partial charge is 0.190 e. The molecule has 0 saturated carbocycles. The van der Waals surface area contributed by atoms with Crippen LogP contribution in [-0.4, -0.2) is 107 Å². The molecule has 5 atom stereocenters. The van der Waals surface area contributed by atoms with Crippen LogP contribution in [0.2, 0.25) is 0 Å². The van der Waals surface area contributed by atoms with E-state index >= 15 is 0 Å². The maximum Gasteiger partial charge on any atom is 0.190 e. The van der Waals surface area contributed by atoms with E-state index in [1.54, 1.807) is 0 Å². The first-order valence-corrected chi connectivity index (χ1v) is 10.6. The Bertz CT molecular complexity index is 514. The SMILES string of the molecule is CC1(C)O[C@H]2O[C@H]([C@H]3COC(C)(C)O3)[C@H](OCCOCCOCCOCCO)[C@H]2O1. The normalized spacial score (nSPS) is 34.5. The molecule has 10 heteroatoms. The van der Waals surface area contributed by atoms with Gasteiger partial charge in [-0.3, -0.25) is 0 Å². The van der Waals surface area contributed by atoms with Crippen LogP contribution in [0.5, 0.6) is 0 Å². The Labute approximate surface area is 177 Å². The number of hydrogen-bond donors (Lipinski definition) is 1. The van der Waals surface area contributed by atoms with Gasteiger partial charge in [0.2, 0.25) is 0 Å². The van der Waals surface area contributed by atoms with Crippen LogP contribution in [0, 0.1) is 0 Å². The Hall–Kier alpha value is -0.400. The molecule has 3 aliphatic rings. The third kappa shape index (κ3) is 6.80. The molecule has 3 fully saturated rings. The van der Waals surface area contributed by atoms with Crippen molar-refractivity contribution in [1.82, 2.24) is 0 Å². The van der Waals surface area contributed by atoms with Crippen molar-refractivity contribution < 1.29 is 47.7 Å². The molecule has 0 aliphatic carbocycles. The second kappa shape index (κ2) is 11.0. The summed E-state index contributed by atoms with van der Waals surface area (Å²) in [6.07, 6.45) is -1.78. The zero-order chi connectivity index (χ0) is 21.6. The fourth-order valence-corrected chi connectivity index (χ4v) is 3.72. The van der Waals surface area contributed by atoms with Crippen molar-refractivity contribution in [2.24, 2.45) is 0 Å². The summed E-state index contributed by atoms with van der Waals surface area (Å²) in [4.78, 5) is 0. The molecule has 30 heavy (non-hydrogen) atoms. The Morgan fingerprint density at radius 1 is 0.767 bits per heavy atom. The zero-order valence-corrected chi connectivity index (χ0v) is 18.4. The molecule has 0 unspecified atom stereocenters. The van der Waals surface area contributed by atoms with Crippen molar-refractivity contribution in [3.8, 4) is 0 Å². The number of fused-ring (bicyclic) bond motifs is 1. The van der Waals surface area contributed by atoms with Crippen molar-refractivity contribution >= 4 is 0 Å². The van der Waals surface area contributed by atoms with Crippen LogP contribution in [0.25, 0.3) is 0 Å².